The molecule has 0 aliphatic heterocycles. The third-order valence-electron chi connectivity index (χ3n) is 2.26. The van der Waals surface area contributed by atoms with Crippen molar-refractivity contribution in [1.29, 1.82) is 0 Å². The van der Waals surface area contributed by atoms with Crippen LogP contribution in [-0.2, 0) is 0 Å². The second-order valence-corrected chi connectivity index (χ2v) is 4.15. The molecule has 0 atom stereocenters. The van der Waals surface area contributed by atoms with E-state index in [0.29, 0.717) is 0 Å². The maximum Gasteiger partial charge on any atom is 0.0191 e. The topological polar surface area (TPSA) is 0 Å². The Labute approximate surface area is 82.2 Å². The van der Waals surface area contributed by atoms with Gasteiger partial charge in [0, 0.05) is 3.57 Å². The normalized spacial score (nSPS) is 10.3. The average molecular weight is 260 g/mol. The summed E-state index contributed by atoms with van der Waals surface area (Å²) in [7, 11) is 0. The summed E-state index contributed by atoms with van der Waals surface area (Å²) in [6, 6.07) is 2.25. The Balaban J connectivity index is 3.46. The summed E-state index contributed by atoms with van der Waals surface area (Å²) in [4.78, 5) is 0. The second-order valence-electron chi connectivity index (χ2n) is 3.07. The number of hydrogen-bond donors (Lipinski definition) is 0. The molecular formula is C10H13I. The van der Waals surface area contributed by atoms with Gasteiger partial charge >= 0.3 is 0 Å². The molecule has 0 aliphatic carbocycles. The first-order chi connectivity index (χ1) is 5.04. The molecule has 1 aromatic rings. The van der Waals surface area contributed by atoms with Crippen LogP contribution in [0.2, 0.25) is 0 Å². The van der Waals surface area contributed by atoms with Crippen molar-refractivity contribution in [2.24, 2.45) is 0 Å². The van der Waals surface area contributed by atoms with Gasteiger partial charge in [0.05, 0.1) is 0 Å². The molecule has 1 heteroatoms. The highest BCUT2D eigenvalue weighted by Crippen LogP contribution is 2.22. The van der Waals surface area contributed by atoms with Gasteiger partial charge < -0.3 is 0 Å². The van der Waals surface area contributed by atoms with Gasteiger partial charge in [-0.05, 0) is 72.5 Å². The van der Waals surface area contributed by atoms with Crippen LogP contribution in [0.25, 0.3) is 0 Å². The molecule has 0 aromatic heterocycles. The van der Waals surface area contributed by atoms with Crippen LogP contribution in [0, 0.1) is 31.3 Å². The Morgan fingerprint density at radius 3 is 2.00 bits per heavy atom. The predicted octanol–water partition coefficient (Wildman–Crippen LogP) is 3.52. The molecule has 1 aromatic carbocycles. The fourth-order valence-corrected chi connectivity index (χ4v) is 1.81. The van der Waals surface area contributed by atoms with Crippen molar-refractivity contribution in [3.63, 3.8) is 0 Å². The minimum atomic E-state index is 1.39. The Morgan fingerprint density at radius 1 is 0.909 bits per heavy atom. The molecule has 0 N–H and O–H groups in total. The van der Waals surface area contributed by atoms with E-state index in [9.17, 15) is 0 Å². The Morgan fingerprint density at radius 2 is 1.45 bits per heavy atom. The van der Waals surface area contributed by atoms with E-state index in [1.807, 2.05) is 0 Å². The van der Waals surface area contributed by atoms with Crippen molar-refractivity contribution in [2.75, 3.05) is 0 Å². The molecule has 0 nitrogen and oxygen atoms in total. The summed E-state index contributed by atoms with van der Waals surface area (Å²) in [6.07, 6.45) is 0. The Kier molecular flexibility index (Phi) is 2.58. The van der Waals surface area contributed by atoms with Crippen LogP contribution in [0.15, 0.2) is 6.07 Å². The Hall–Kier alpha value is -0.0500. The lowest BCUT2D eigenvalue weighted by Gasteiger charge is -2.09. The molecular weight excluding hydrogens is 247 g/mol. The van der Waals surface area contributed by atoms with Crippen molar-refractivity contribution in [3.05, 3.63) is 31.9 Å². The van der Waals surface area contributed by atoms with E-state index in [-0.39, 0.29) is 0 Å². The van der Waals surface area contributed by atoms with Crippen LogP contribution in [0.4, 0.5) is 0 Å². The molecule has 0 saturated heterocycles. The maximum atomic E-state index is 2.41. The summed E-state index contributed by atoms with van der Waals surface area (Å²) >= 11 is 2.41. The zero-order valence-corrected chi connectivity index (χ0v) is 9.61. The number of halogens is 1. The van der Waals surface area contributed by atoms with E-state index in [0.717, 1.165) is 0 Å². The lowest BCUT2D eigenvalue weighted by molar-refractivity contribution is 1.21. The average Bonchev–Trinajstić information content (AvgIpc) is 1.97. The zero-order valence-electron chi connectivity index (χ0n) is 7.46. The van der Waals surface area contributed by atoms with Gasteiger partial charge in [-0.3, -0.25) is 0 Å². The summed E-state index contributed by atoms with van der Waals surface area (Å²) in [5, 5.41) is 0. The molecule has 0 aliphatic rings. The zero-order chi connectivity index (χ0) is 8.59. The quantitative estimate of drug-likeness (QED) is 0.626. The van der Waals surface area contributed by atoms with Gasteiger partial charge in [-0.1, -0.05) is 6.07 Å². The molecule has 0 fully saturated rings. The fraction of sp³-hybridized carbons (Fsp3) is 0.400. The molecule has 0 heterocycles. The summed E-state index contributed by atoms with van der Waals surface area (Å²) < 4.78 is 1.41. The van der Waals surface area contributed by atoms with Crippen LogP contribution in [0.5, 0.6) is 0 Å². The van der Waals surface area contributed by atoms with E-state index >= 15 is 0 Å². The van der Waals surface area contributed by atoms with Gasteiger partial charge in [0.1, 0.15) is 0 Å². The summed E-state index contributed by atoms with van der Waals surface area (Å²) in [5.74, 6) is 0. The van der Waals surface area contributed by atoms with E-state index in [1.165, 1.54) is 25.8 Å². The third kappa shape index (κ3) is 1.58. The number of hydrogen-bond acceptors (Lipinski definition) is 0. The van der Waals surface area contributed by atoms with E-state index in [2.05, 4.69) is 56.4 Å². The van der Waals surface area contributed by atoms with Gasteiger partial charge in [0.2, 0.25) is 0 Å². The number of rotatable bonds is 0. The SMILES string of the molecule is Cc1cc(C)c(I)c(C)c1C. The maximum absolute atomic E-state index is 2.41. The van der Waals surface area contributed by atoms with Gasteiger partial charge in [-0.25, -0.2) is 0 Å². The van der Waals surface area contributed by atoms with Gasteiger partial charge in [-0.2, -0.15) is 0 Å². The van der Waals surface area contributed by atoms with Gasteiger partial charge in [-0.15, -0.1) is 0 Å². The number of aryl methyl sites for hydroxylation is 2. The lowest BCUT2D eigenvalue weighted by Crippen LogP contribution is -1.93. The highest BCUT2D eigenvalue weighted by atomic mass is 127. The molecule has 0 spiro atoms. The summed E-state index contributed by atoms with van der Waals surface area (Å²) in [6.45, 7) is 8.72. The first-order valence-electron chi connectivity index (χ1n) is 3.77. The highest BCUT2D eigenvalue weighted by Gasteiger charge is 2.03. The van der Waals surface area contributed by atoms with Crippen LogP contribution >= 0.6 is 22.6 Å². The van der Waals surface area contributed by atoms with Crippen molar-refractivity contribution in [1.82, 2.24) is 0 Å². The van der Waals surface area contributed by atoms with Crippen molar-refractivity contribution in [2.45, 2.75) is 27.7 Å². The number of benzene rings is 1. The standard InChI is InChI=1S/C10H13I/c1-6-5-7(2)10(11)9(4)8(6)3/h5H,1-4H3. The highest BCUT2D eigenvalue weighted by molar-refractivity contribution is 14.1. The molecule has 1 rings (SSSR count). The van der Waals surface area contributed by atoms with E-state index < -0.39 is 0 Å². The first-order valence-corrected chi connectivity index (χ1v) is 4.85. The Bertz CT molecular complexity index is 261. The minimum Gasteiger partial charge on any atom is -0.0550 e. The van der Waals surface area contributed by atoms with Crippen molar-refractivity contribution in [3.8, 4) is 0 Å². The molecule has 0 saturated carbocycles. The lowest BCUT2D eigenvalue weighted by atomic mass is 10.0. The predicted molar refractivity (Wildman–Crippen MR) is 58.1 cm³/mol. The second kappa shape index (κ2) is 3.13. The van der Waals surface area contributed by atoms with Crippen LogP contribution in [0.3, 0.4) is 0 Å². The van der Waals surface area contributed by atoms with Gasteiger partial charge in [0.15, 0.2) is 0 Å². The smallest absolute Gasteiger partial charge is 0.0191 e. The molecule has 0 amide bonds. The molecule has 11 heavy (non-hydrogen) atoms. The monoisotopic (exact) mass is 260 g/mol. The van der Waals surface area contributed by atoms with E-state index in [4.69, 9.17) is 0 Å². The van der Waals surface area contributed by atoms with E-state index in [1.54, 1.807) is 0 Å². The fourth-order valence-electron chi connectivity index (χ4n) is 1.25. The first kappa shape index (κ1) is 9.04. The van der Waals surface area contributed by atoms with Crippen molar-refractivity contribution < 1.29 is 0 Å². The van der Waals surface area contributed by atoms with Gasteiger partial charge in [0.25, 0.3) is 0 Å². The molecule has 0 unspecified atom stereocenters. The van der Waals surface area contributed by atoms with Crippen LogP contribution in [0.1, 0.15) is 22.3 Å². The third-order valence-corrected chi connectivity index (χ3v) is 3.92. The molecule has 0 radical (unpaired) electrons. The minimum absolute atomic E-state index is 1.39. The van der Waals surface area contributed by atoms with Crippen molar-refractivity contribution >= 4 is 22.6 Å². The molecule has 60 valence electrons. The van der Waals surface area contributed by atoms with Crippen LogP contribution < -0.4 is 0 Å². The summed E-state index contributed by atoms with van der Waals surface area (Å²) in [5.41, 5.74) is 5.66. The largest absolute Gasteiger partial charge is 0.0550 e. The molecule has 0 bridgehead atoms. The van der Waals surface area contributed by atoms with Crippen LogP contribution in [-0.4, -0.2) is 0 Å².